The van der Waals surface area contributed by atoms with Crippen molar-refractivity contribution in [2.45, 2.75) is 13.5 Å². The molecule has 3 rings (SSSR count). The van der Waals surface area contributed by atoms with Gasteiger partial charge in [0.1, 0.15) is 5.75 Å². The van der Waals surface area contributed by atoms with Crippen LogP contribution in [0.5, 0.6) is 5.75 Å². The molecule has 2 N–H and O–H groups in total. The molecule has 0 radical (unpaired) electrons. The fraction of sp³-hybridized carbons (Fsp3) is 0.158. The molecule has 8 heteroatoms. The number of benzene rings is 2. The number of nitro groups is 1. The highest BCUT2D eigenvalue weighted by molar-refractivity contribution is 5.99. The summed E-state index contributed by atoms with van der Waals surface area (Å²) in [5, 5.41) is 20.3. The number of nitrogens with one attached hydrogen (secondary N) is 2. The molecule has 0 saturated carbocycles. The van der Waals surface area contributed by atoms with Crippen LogP contribution in [0.3, 0.4) is 0 Å². The molecule has 0 unspecified atom stereocenters. The van der Waals surface area contributed by atoms with Crippen molar-refractivity contribution in [3.05, 3.63) is 76.0 Å². The van der Waals surface area contributed by atoms with Crippen molar-refractivity contribution in [2.75, 3.05) is 6.61 Å². The van der Waals surface area contributed by atoms with E-state index in [0.29, 0.717) is 30.0 Å². The highest BCUT2D eigenvalue weighted by atomic mass is 16.6. The van der Waals surface area contributed by atoms with Crippen LogP contribution >= 0.6 is 0 Å². The Bertz CT molecular complexity index is 933. The summed E-state index contributed by atoms with van der Waals surface area (Å²) in [6.45, 7) is 2.87. The summed E-state index contributed by atoms with van der Waals surface area (Å²) in [5.41, 5.74) is 2.44. The molecule has 0 saturated heterocycles. The first-order valence-corrected chi connectivity index (χ1v) is 8.36. The third kappa shape index (κ3) is 4.30. The Morgan fingerprint density at radius 1 is 1.19 bits per heavy atom. The SMILES string of the molecule is CCOc1ccc(CNC(=O)c2cn[nH]c2-c2ccc([N+](=O)[O-])cc2)cc1. The second-order valence-corrected chi connectivity index (χ2v) is 5.72. The van der Waals surface area contributed by atoms with Gasteiger partial charge in [-0.25, -0.2) is 0 Å². The van der Waals surface area contributed by atoms with E-state index in [1.54, 1.807) is 12.1 Å². The van der Waals surface area contributed by atoms with Gasteiger partial charge in [-0.3, -0.25) is 20.0 Å². The van der Waals surface area contributed by atoms with Crippen LogP contribution in [-0.4, -0.2) is 27.6 Å². The highest BCUT2D eigenvalue weighted by Crippen LogP contribution is 2.23. The average molecular weight is 366 g/mol. The second-order valence-electron chi connectivity index (χ2n) is 5.72. The summed E-state index contributed by atoms with van der Waals surface area (Å²) in [6.07, 6.45) is 1.43. The molecule has 0 spiro atoms. The van der Waals surface area contributed by atoms with E-state index in [-0.39, 0.29) is 11.6 Å². The lowest BCUT2D eigenvalue weighted by molar-refractivity contribution is -0.384. The maximum Gasteiger partial charge on any atom is 0.269 e. The fourth-order valence-electron chi connectivity index (χ4n) is 2.58. The van der Waals surface area contributed by atoms with Crippen LogP contribution in [0.1, 0.15) is 22.8 Å². The lowest BCUT2D eigenvalue weighted by Crippen LogP contribution is -2.22. The maximum absolute atomic E-state index is 12.5. The molecular weight excluding hydrogens is 348 g/mol. The Balaban J connectivity index is 1.69. The Hall–Kier alpha value is -3.68. The first-order valence-electron chi connectivity index (χ1n) is 8.36. The Morgan fingerprint density at radius 2 is 1.89 bits per heavy atom. The molecule has 1 heterocycles. The first-order chi connectivity index (χ1) is 13.1. The third-order valence-electron chi connectivity index (χ3n) is 3.94. The van der Waals surface area contributed by atoms with E-state index in [1.807, 2.05) is 31.2 Å². The van der Waals surface area contributed by atoms with Gasteiger partial charge in [0, 0.05) is 24.2 Å². The van der Waals surface area contributed by atoms with Crippen LogP contribution in [0.15, 0.2) is 54.7 Å². The van der Waals surface area contributed by atoms with Crippen LogP contribution in [0, 0.1) is 10.1 Å². The van der Waals surface area contributed by atoms with E-state index in [2.05, 4.69) is 15.5 Å². The number of H-pyrrole nitrogens is 1. The number of aromatic nitrogens is 2. The van der Waals surface area contributed by atoms with Gasteiger partial charge < -0.3 is 10.1 Å². The van der Waals surface area contributed by atoms with Crippen molar-refractivity contribution in [3.63, 3.8) is 0 Å². The van der Waals surface area contributed by atoms with Gasteiger partial charge in [-0.15, -0.1) is 0 Å². The molecule has 0 fully saturated rings. The molecule has 0 aliphatic rings. The number of aromatic amines is 1. The number of non-ortho nitro benzene ring substituents is 1. The summed E-state index contributed by atoms with van der Waals surface area (Å²) in [4.78, 5) is 22.8. The zero-order valence-electron chi connectivity index (χ0n) is 14.6. The van der Waals surface area contributed by atoms with Gasteiger partial charge >= 0.3 is 0 Å². The zero-order chi connectivity index (χ0) is 19.2. The number of carbonyl (C=O) groups excluding carboxylic acids is 1. The highest BCUT2D eigenvalue weighted by Gasteiger charge is 2.16. The average Bonchev–Trinajstić information content (AvgIpc) is 3.17. The van der Waals surface area contributed by atoms with Gasteiger partial charge in [0.2, 0.25) is 0 Å². The third-order valence-corrected chi connectivity index (χ3v) is 3.94. The minimum absolute atomic E-state index is 0.0141. The molecule has 3 aromatic rings. The van der Waals surface area contributed by atoms with E-state index in [4.69, 9.17) is 4.74 Å². The molecule has 0 atom stereocenters. The molecule has 1 amide bonds. The zero-order valence-corrected chi connectivity index (χ0v) is 14.6. The molecule has 2 aromatic carbocycles. The van der Waals surface area contributed by atoms with Crippen molar-refractivity contribution in [1.29, 1.82) is 0 Å². The van der Waals surface area contributed by atoms with Crippen LogP contribution < -0.4 is 10.1 Å². The van der Waals surface area contributed by atoms with Crippen molar-refractivity contribution in [3.8, 4) is 17.0 Å². The van der Waals surface area contributed by atoms with E-state index < -0.39 is 4.92 Å². The topological polar surface area (TPSA) is 110 Å². The van der Waals surface area contributed by atoms with Gasteiger partial charge in [0.15, 0.2) is 0 Å². The lowest BCUT2D eigenvalue weighted by Gasteiger charge is -2.07. The number of nitro benzene ring substituents is 1. The largest absolute Gasteiger partial charge is 0.494 e. The van der Waals surface area contributed by atoms with Gasteiger partial charge in [-0.05, 0) is 36.8 Å². The minimum Gasteiger partial charge on any atom is -0.494 e. The van der Waals surface area contributed by atoms with E-state index in [0.717, 1.165) is 11.3 Å². The molecule has 0 aliphatic carbocycles. The molecular formula is C19H18N4O4. The number of rotatable bonds is 7. The number of carbonyl (C=O) groups is 1. The van der Waals surface area contributed by atoms with Gasteiger partial charge in [-0.1, -0.05) is 12.1 Å². The number of hydrogen-bond acceptors (Lipinski definition) is 5. The van der Waals surface area contributed by atoms with Crippen LogP contribution in [0.25, 0.3) is 11.3 Å². The summed E-state index contributed by atoms with van der Waals surface area (Å²) in [6, 6.07) is 13.4. The van der Waals surface area contributed by atoms with Crippen LogP contribution in [-0.2, 0) is 6.54 Å². The Morgan fingerprint density at radius 3 is 2.52 bits per heavy atom. The summed E-state index contributed by atoms with van der Waals surface area (Å²) < 4.78 is 5.39. The maximum atomic E-state index is 12.5. The predicted molar refractivity (Wildman–Crippen MR) is 99.5 cm³/mol. The Kier molecular flexibility index (Phi) is 5.46. The van der Waals surface area contributed by atoms with Crippen molar-refractivity contribution < 1.29 is 14.5 Å². The normalized spacial score (nSPS) is 10.4. The molecule has 0 aliphatic heterocycles. The standard InChI is InChI=1S/C19H18N4O4/c1-2-27-16-9-3-13(4-10-16)11-20-19(24)17-12-21-22-18(17)14-5-7-15(8-6-14)23(25)26/h3-10,12H,2,11H2,1H3,(H,20,24)(H,21,22). The lowest BCUT2D eigenvalue weighted by atomic mass is 10.1. The van der Waals surface area contributed by atoms with E-state index >= 15 is 0 Å². The molecule has 1 aromatic heterocycles. The number of nitrogens with zero attached hydrogens (tertiary/aromatic N) is 2. The number of amides is 1. The van der Waals surface area contributed by atoms with Crippen molar-refractivity contribution >= 4 is 11.6 Å². The smallest absolute Gasteiger partial charge is 0.269 e. The quantitative estimate of drug-likeness (QED) is 0.492. The van der Waals surface area contributed by atoms with E-state index in [1.165, 1.54) is 18.3 Å². The molecule has 138 valence electrons. The summed E-state index contributed by atoms with van der Waals surface area (Å²) in [7, 11) is 0. The van der Waals surface area contributed by atoms with Gasteiger partial charge in [0.05, 0.1) is 29.0 Å². The fourth-order valence-corrected chi connectivity index (χ4v) is 2.58. The summed E-state index contributed by atoms with van der Waals surface area (Å²) >= 11 is 0. The molecule has 8 nitrogen and oxygen atoms in total. The van der Waals surface area contributed by atoms with Gasteiger partial charge in [-0.2, -0.15) is 5.10 Å². The molecule has 0 bridgehead atoms. The van der Waals surface area contributed by atoms with Crippen LogP contribution in [0.2, 0.25) is 0 Å². The summed E-state index contributed by atoms with van der Waals surface area (Å²) in [5.74, 6) is 0.494. The minimum atomic E-state index is -0.471. The predicted octanol–water partition coefficient (Wildman–Crippen LogP) is 3.31. The monoisotopic (exact) mass is 366 g/mol. The van der Waals surface area contributed by atoms with Crippen molar-refractivity contribution in [2.24, 2.45) is 0 Å². The number of hydrogen-bond donors (Lipinski definition) is 2. The molecule has 27 heavy (non-hydrogen) atoms. The first kappa shape index (κ1) is 18.1. The Labute approximate surface area is 155 Å². The van der Waals surface area contributed by atoms with Gasteiger partial charge in [0.25, 0.3) is 11.6 Å². The van der Waals surface area contributed by atoms with Crippen LogP contribution in [0.4, 0.5) is 5.69 Å². The van der Waals surface area contributed by atoms with Crippen molar-refractivity contribution in [1.82, 2.24) is 15.5 Å². The second kappa shape index (κ2) is 8.13. The van der Waals surface area contributed by atoms with E-state index in [9.17, 15) is 14.9 Å². The number of ether oxygens (including phenoxy) is 1.